The van der Waals surface area contributed by atoms with Crippen LogP contribution in [0.4, 0.5) is 0 Å². The summed E-state index contributed by atoms with van der Waals surface area (Å²) in [6, 6.07) is 0.140. The molecule has 1 unspecified atom stereocenters. The summed E-state index contributed by atoms with van der Waals surface area (Å²) in [4.78, 5) is 25.6. The third-order valence-electron chi connectivity index (χ3n) is 3.65. The molecule has 1 fully saturated rings. The van der Waals surface area contributed by atoms with Crippen molar-refractivity contribution in [3.8, 4) is 0 Å². The molecule has 0 aromatic carbocycles. The van der Waals surface area contributed by atoms with E-state index in [1.54, 1.807) is 0 Å². The summed E-state index contributed by atoms with van der Waals surface area (Å²) >= 11 is 0. The van der Waals surface area contributed by atoms with Crippen LogP contribution < -0.4 is 11.1 Å². The number of hydrogen-bond donors (Lipinski definition) is 2. The SMILES string of the molecule is C=CCCCC(=O)N1CCCCC1CNC(=O)CCN.Cl.Cl. The highest BCUT2D eigenvalue weighted by atomic mass is 35.5. The van der Waals surface area contributed by atoms with Crippen LogP contribution in [0.3, 0.4) is 0 Å². The third-order valence-corrected chi connectivity index (χ3v) is 3.65. The summed E-state index contributed by atoms with van der Waals surface area (Å²) in [5.41, 5.74) is 5.35. The lowest BCUT2D eigenvalue weighted by molar-refractivity contribution is -0.135. The van der Waals surface area contributed by atoms with Crippen molar-refractivity contribution < 1.29 is 9.59 Å². The van der Waals surface area contributed by atoms with Gasteiger partial charge in [0, 0.05) is 38.5 Å². The molecule has 1 aliphatic rings. The monoisotopic (exact) mass is 353 g/mol. The molecule has 22 heavy (non-hydrogen) atoms. The standard InChI is InChI=1S/C15H27N3O2.2ClH/c1-2-3-4-8-15(20)18-11-6-5-7-13(18)12-17-14(19)9-10-16;;/h2,13H,1,3-12,16H2,(H,17,19);2*1H. The number of amides is 2. The Balaban J connectivity index is 0. The largest absolute Gasteiger partial charge is 0.354 e. The number of nitrogens with one attached hydrogen (secondary N) is 1. The summed E-state index contributed by atoms with van der Waals surface area (Å²) in [6.45, 7) is 5.39. The van der Waals surface area contributed by atoms with Gasteiger partial charge in [-0.3, -0.25) is 9.59 Å². The van der Waals surface area contributed by atoms with Crippen molar-refractivity contribution in [2.45, 2.75) is 51.0 Å². The lowest BCUT2D eigenvalue weighted by Crippen LogP contribution is -2.49. The first-order valence-corrected chi connectivity index (χ1v) is 7.56. The van der Waals surface area contributed by atoms with Gasteiger partial charge in [0.05, 0.1) is 0 Å². The summed E-state index contributed by atoms with van der Waals surface area (Å²) in [5, 5.41) is 2.88. The van der Waals surface area contributed by atoms with Gasteiger partial charge in [0.15, 0.2) is 0 Å². The zero-order chi connectivity index (χ0) is 14.8. The van der Waals surface area contributed by atoms with Gasteiger partial charge in [-0.2, -0.15) is 0 Å². The molecule has 1 atom stereocenters. The highest BCUT2D eigenvalue weighted by molar-refractivity contribution is 5.85. The van der Waals surface area contributed by atoms with E-state index in [4.69, 9.17) is 5.73 Å². The number of hydrogen-bond acceptors (Lipinski definition) is 3. The second kappa shape index (κ2) is 13.9. The van der Waals surface area contributed by atoms with Crippen LogP contribution in [-0.4, -0.2) is 42.4 Å². The van der Waals surface area contributed by atoms with E-state index in [1.807, 2.05) is 11.0 Å². The van der Waals surface area contributed by atoms with Crippen LogP contribution in [-0.2, 0) is 9.59 Å². The van der Waals surface area contributed by atoms with Crippen LogP contribution in [0.25, 0.3) is 0 Å². The Hall–Kier alpha value is -0.780. The molecule has 0 aromatic rings. The number of likely N-dealkylation sites (tertiary alicyclic amines) is 1. The van der Waals surface area contributed by atoms with Gasteiger partial charge >= 0.3 is 0 Å². The number of carbonyl (C=O) groups is 2. The van der Waals surface area contributed by atoms with Crippen LogP contribution in [0.1, 0.15) is 44.9 Å². The van der Waals surface area contributed by atoms with Crippen molar-refractivity contribution in [2.24, 2.45) is 5.73 Å². The Morgan fingerprint density at radius 2 is 2.00 bits per heavy atom. The molecular formula is C15H29Cl2N3O2. The maximum absolute atomic E-state index is 12.2. The molecular weight excluding hydrogens is 325 g/mol. The van der Waals surface area contributed by atoms with Crippen molar-refractivity contribution >= 4 is 36.6 Å². The zero-order valence-corrected chi connectivity index (χ0v) is 14.7. The maximum Gasteiger partial charge on any atom is 0.222 e. The van der Waals surface area contributed by atoms with Gasteiger partial charge in [-0.15, -0.1) is 31.4 Å². The van der Waals surface area contributed by atoms with E-state index in [0.717, 1.165) is 38.6 Å². The van der Waals surface area contributed by atoms with Gasteiger partial charge in [-0.25, -0.2) is 0 Å². The fraction of sp³-hybridized carbons (Fsp3) is 0.733. The van der Waals surface area contributed by atoms with E-state index in [2.05, 4.69) is 11.9 Å². The normalized spacial score (nSPS) is 17.0. The summed E-state index contributed by atoms with van der Waals surface area (Å²) < 4.78 is 0. The van der Waals surface area contributed by atoms with E-state index in [-0.39, 0.29) is 42.7 Å². The van der Waals surface area contributed by atoms with E-state index < -0.39 is 0 Å². The molecule has 7 heteroatoms. The zero-order valence-electron chi connectivity index (χ0n) is 13.1. The summed E-state index contributed by atoms with van der Waals surface area (Å²) in [7, 11) is 0. The van der Waals surface area contributed by atoms with E-state index in [9.17, 15) is 9.59 Å². The number of rotatable bonds is 8. The van der Waals surface area contributed by atoms with Crippen LogP contribution in [0.5, 0.6) is 0 Å². The Morgan fingerprint density at radius 1 is 1.27 bits per heavy atom. The summed E-state index contributed by atoms with van der Waals surface area (Å²) in [6.07, 6.45) is 7.63. The fourth-order valence-corrected chi connectivity index (χ4v) is 2.53. The first-order valence-electron chi connectivity index (χ1n) is 7.56. The highest BCUT2D eigenvalue weighted by Crippen LogP contribution is 2.18. The quantitative estimate of drug-likeness (QED) is 0.517. The number of nitrogens with zero attached hydrogens (tertiary/aromatic N) is 1. The Morgan fingerprint density at radius 3 is 2.64 bits per heavy atom. The average Bonchev–Trinajstić information content (AvgIpc) is 2.46. The van der Waals surface area contributed by atoms with Crippen molar-refractivity contribution in [1.29, 1.82) is 0 Å². The maximum atomic E-state index is 12.2. The molecule has 2 amide bonds. The molecule has 130 valence electrons. The number of unbranched alkanes of at least 4 members (excludes halogenated alkanes) is 1. The molecule has 1 aliphatic heterocycles. The number of carbonyl (C=O) groups excluding carboxylic acids is 2. The average molecular weight is 354 g/mol. The van der Waals surface area contributed by atoms with E-state index in [0.29, 0.717) is 25.9 Å². The van der Waals surface area contributed by atoms with Gasteiger partial charge in [0.1, 0.15) is 0 Å². The lowest BCUT2D eigenvalue weighted by Gasteiger charge is -2.36. The highest BCUT2D eigenvalue weighted by Gasteiger charge is 2.26. The minimum Gasteiger partial charge on any atom is -0.354 e. The molecule has 0 bridgehead atoms. The molecule has 0 radical (unpaired) electrons. The minimum absolute atomic E-state index is 0. The first-order chi connectivity index (χ1) is 9.69. The van der Waals surface area contributed by atoms with Crippen LogP contribution in [0.15, 0.2) is 12.7 Å². The van der Waals surface area contributed by atoms with Crippen molar-refractivity contribution in [2.75, 3.05) is 19.6 Å². The van der Waals surface area contributed by atoms with Crippen molar-refractivity contribution in [3.05, 3.63) is 12.7 Å². The predicted molar refractivity (Wildman–Crippen MR) is 94.6 cm³/mol. The second-order valence-electron chi connectivity index (χ2n) is 5.26. The Labute approximate surface area is 145 Å². The van der Waals surface area contributed by atoms with Gasteiger partial charge < -0.3 is 16.0 Å². The van der Waals surface area contributed by atoms with Gasteiger partial charge in [-0.05, 0) is 32.1 Å². The summed E-state index contributed by atoms with van der Waals surface area (Å²) in [5.74, 6) is 0.168. The van der Waals surface area contributed by atoms with Gasteiger partial charge in [-0.1, -0.05) is 6.08 Å². The van der Waals surface area contributed by atoms with Gasteiger partial charge in [0.2, 0.25) is 11.8 Å². The van der Waals surface area contributed by atoms with Crippen LogP contribution in [0, 0.1) is 0 Å². The first kappa shape index (κ1) is 23.5. The minimum atomic E-state index is -0.0304. The molecule has 0 spiro atoms. The molecule has 0 aliphatic carbocycles. The molecule has 1 saturated heterocycles. The molecule has 1 heterocycles. The second-order valence-corrected chi connectivity index (χ2v) is 5.26. The van der Waals surface area contributed by atoms with E-state index >= 15 is 0 Å². The predicted octanol–water partition coefficient (Wildman–Crippen LogP) is 2.03. The fourth-order valence-electron chi connectivity index (χ4n) is 2.53. The smallest absolute Gasteiger partial charge is 0.222 e. The molecule has 3 N–H and O–H groups in total. The molecule has 0 saturated carbocycles. The van der Waals surface area contributed by atoms with E-state index in [1.165, 1.54) is 0 Å². The van der Waals surface area contributed by atoms with Crippen molar-refractivity contribution in [1.82, 2.24) is 10.2 Å². The third kappa shape index (κ3) is 8.61. The number of halogens is 2. The topological polar surface area (TPSA) is 75.4 Å². The Bertz CT molecular complexity index is 341. The lowest BCUT2D eigenvalue weighted by atomic mass is 10.0. The Kier molecular flexibility index (Phi) is 14.8. The molecule has 0 aromatic heterocycles. The van der Waals surface area contributed by atoms with Crippen molar-refractivity contribution in [3.63, 3.8) is 0 Å². The molecule has 5 nitrogen and oxygen atoms in total. The van der Waals surface area contributed by atoms with Gasteiger partial charge in [0.25, 0.3) is 0 Å². The number of nitrogens with two attached hydrogens (primary N) is 1. The van der Waals surface area contributed by atoms with Crippen LogP contribution in [0.2, 0.25) is 0 Å². The number of allylic oxidation sites excluding steroid dienone is 1. The molecule has 1 rings (SSSR count). The van der Waals surface area contributed by atoms with Crippen LogP contribution >= 0.6 is 24.8 Å². The number of piperidine rings is 1.